The Morgan fingerprint density at radius 3 is 1.44 bits per heavy atom. The van der Waals surface area contributed by atoms with Gasteiger partial charge in [0, 0.05) is 5.54 Å². The van der Waals surface area contributed by atoms with Gasteiger partial charge in [0.05, 0.1) is 0 Å². The highest BCUT2D eigenvalue weighted by molar-refractivity contribution is 6.97. The summed E-state index contributed by atoms with van der Waals surface area (Å²) in [5.74, 6) is 0. The molecular weight excluding hydrogens is 251 g/mol. The monoisotopic (exact) mass is 279 g/mol. The van der Waals surface area contributed by atoms with Crippen LogP contribution < -0.4 is 4.98 Å². The van der Waals surface area contributed by atoms with Gasteiger partial charge in [0.2, 0.25) is 0 Å². The molecule has 1 N–H and O–H groups in total. The maximum absolute atomic E-state index is 14.5. The van der Waals surface area contributed by atoms with Crippen molar-refractivity contribution in [3.05, 3.63) is 0 Å². The molecule has 0 saturated carbocycles. The molecule has 0 aromatic carbocycles. The van der Waals surface area contributed by atoms with Gasteiger partial charge in [-0.15, -0.1) is 0 Å². The summed E-state index contributed by atoms with van der Waals surface area (Å²) < 4.78 is 16.8. The van der Waals surface area contributed by atoms with Crippen LogP contribution >= 0.6 is 0 Å². The van der Waals surface area contributed by atoms with Crippen molar-refractivity contribution < 1.29 is 4.11 Å². The first-order valence-electron chi connectivity index (χ1n) is 5.86. The highest BCUT2D eigenvalue weighted by Crippen LogP contribution is 2.21. The number of nitrogens with one attached hydrogen (secondary N) is 1. The molecule has 0 rings (SSSR count). The number of hydrogen-bond acceptors (Lipinski definition) is 2. The van der Waals surface area contributed by atoms with Gasteiger partial charge >= 0.3 is 9.45 Å². The van der Waals surface area contributed by atoms with Crippen LogP contribution in [0.2, 0.25) is 39.3 Å². The van der Waals surface area contributed by atoms with Gasteiger partial charge in [0.15, 0.2) is 0 Å². The minimum absolute atomic E-state index is 0.138. The zero-order valence-electron chi connectivity index (χ0n) is 12.3. The molecule has 16 heavy (non-hydrogen) atoms. The van der Waals surface area contributed by atoms with E-state index in [0.29, 0.717) is 0 Å². The van der Waals surface area contributed by atoms with Gasteiger partial charge in [-0.25, -0.2) is 0 Å². The molecule has 0 saturated heterocycles. The third-order valence-corrected chi connectivity index (χ3v) is 15.3. The predicted octanol–water partition coefficient (Wildman–Crippen LogP) is 3.30. The zero-order chi connectivity index (χ0) is 13.4. The standard InChI is InChI=1S/C10H28FN2Si3/c1-10(2,3)12-14(11)13(15(4,5)6)16(7,8)9/h12H,1-9H3. The van der Waals surface area contributed by atoms with E-state index in [1.165, 1.54) is 0 Å². The summed E-state index contributed by atoms with van der Waals surface area (Å²) in [7, 11) is -5.26. The average molecular weight is 280 g/mol. The third kappa shape index (κ3) is 5.72. The molecule has 0 aliphatic carbocycles. The zero-order valence-corrected chi connectivity index (χ0v) is 15.3. The topological polar surface area (TPSA) is 15.3 Å². The highest BCUT2D eigenvalue weighted by atomic mass is 28.5. The van der Waals surface area contributed by atoms with Gasteiger partial charge in [-0.1, -0.05) is 39.3 Å². The van der Waals surface area contributed by atoms with Crippen LogP contribution in [-0.4, -0.2) is 35.4 Å². The first-order chi connectivity index (χ1) is 6.75. The molecule has 6 heteroatoms. The Morgan fingerprint density at radius 2 is 1.25 bits per heavy atom. The number of halogens is 1. The van der Waals surface area contributed by atoms with Crippen LogP contribution in [0.1, 0.15) is 20.8 Å². The average Bonchev–Trinajstić information content (AvgIpc) is 1.70. The lowest BCUT2D eigenvalue weighted by Gasteiger charge is -2.45. The fourth-order valence-corrected chi connectivity index (χ4v) is 15.8. The maximum atomic E-state index is 14.5. The van der Waals surface area contributed by atoms with E-state index in [9.17, 15) is 4.11 Å². The van der Waals surface area contributed by atoms with Crippen molar-refractivity contribution in [2.24, 2.45) is 0 Å². The quantitative estimate of drug-likeness (QED) is 0.627. The van der Waals surface area contributed by atoms with E-state index in [1.807, 2.05) is 20.8 Å². The van der Waals surface area contributed by atoms with E-state index in [-0.39, 0.29) is 5.54 Å². The molecule has 0 bridgehead atoms. The van der Waals surface area contributed by atoms with Gasteiger partial charge < -0.3 is 3.90 Å². The summed E-state index contributed by atoms with van der Waals surface area (Å²) in [5, 5.41) is 0. The summed E-state index contributed by atoms with van der Waals surface area (Å²) in [6.07, 6.45) is 0. The Hall–Kier alpha value is 0.501. The second-order valence-electron chi connectivity index (χ2n) is 7.34. The molecule has 0 fully saturated rings. The van der Waals surface area contributed by atoms with Crippen LogP contribution in [0, 0.1) is 0 Å². The number of nitrogens with zero attached hydrogens (tertiary/aromatic N) is 1. The van der Waals surface area contributed by atoms with Crippen molar-refractivity contribution in [1.29, 1.82) is 0 Å². The summed E-state index contributed by atoms with van der Waals surface area (Å²) >= 11 is 0. The Bertz CT molecular complexity index is 214. The summed E-state index contributed by atoms with van der Waals surface area (Å²) in [6.45, 7) is 19.5. The summed E-state index contributed by atoms with van der Waals surface area (Å²) in [5.41, 5.74) is -0.138. The maximum Gasteiger partial charge on any atom is 0.438 e. The normalized spacial score (nSPS) is 15.0. The number of rotatable bonds is 4. The van der Waals surface area contributed by atoms with Crippen LogP contribution in [0.25, 0.3) is 0 Å². The highest BCUT2D eigenvalue weighted by Gasteiger charge is 2.43. The molecule has 0 unspecified atom stereocenters. The van der Waals surface area contributed by atoms with Crippen LogP contribution in [0.15, 0.2) is 0 Å². The van der Waals surface area contributed by atoms with Crippen LogP contribution in [0.4, 0.5) is 4.11 Å². The van der Waals surface area contributed by atoms with E-state index >= 15 is 0 Å². The van der Waals surface area contributed by atoms with Crippen molar-refractivity contribution in [2.75, 3.05) is 0 Å². The van der Waals surface area contributed by atoms with Gasteiger partial charge in [-0.05, 0) is 20.8 Å². The van der Waals surface area contributed by atoms with Crippen LogP contribution in [0.3, 0.4) is 0 Å². The molecule has 0 aromatic heterocycles. The van der Waals surface area contributed by atoms with Crippen molar-refractivity contribution in [1.82, 2.24) is 8.88 Å². The molecule has 0 heterocycles. The number of hydrogen-bond donors (Lipinski definition) is 1. The first kappa shape index (κ1) is 16.5. The second kappa shape index (κ2) is 5.01. The fourth-order valence-electron chi connectivity index (χ4n) is 1.96. The van der Waals surface area contributed by atoms with Crippen LogP contribution in [0.5, 0.6) is 0 Å². The van der Waals surface area contributed by atoms with Crippen LogP contribution in [-0.2, 0) is 0 Å². The van der Waals surface area contributed by atoms with Crippen molar-refractivity contribution in [2.45, 2.75) is 65.6 Å². The van der Waals surface area contributed by atoms with Gasteiger partial charge in [0.25, 0.3) is 0 Å². The third-order valence-electron chi connectivity index (χ3n) is 2.02. The smallest absolute Gasteiger partial charge is 0.329 e. The predicted molar refractivity (Wildman–Crippen MR) is 78.3 cm³/mol. The Morgan fingerprint density at radius 1 is 0.938 bits per heavy atom. The molecule has 0 spiro atoms. The van der Waals surface area contributed by atoms with Crippen molar-refractivity contribution in [3.8, 4) is 0 Å². The second-order valence-corrected chi connectivity index (χ2v) is 19.5. The Kier molecular flexibility index (Phi) is 5.17. The van der Waals surface area contributed by atoms with Gasteiger partial charge in [-0.2, -0.15) is 0 Å². The van der Waals surface area contributed by atoms with Gasteiger partial charge in [-0.3, -0.25) is 9.09 Å². The summed E-state index contributed by atoms with van der Waals surface area (Å²) in [4.78, 5) is 3.16. The van der Waals surface area contributed by atoms with E-state index in [2.05, 4.69) is 48.2 Å². The molecule has 0 amide bonds. The minimum atomic E-state index is -2.09. The van der Waals surface area contributed by atoms with Crippen molar-refractivity contribution >= 4 is 25.9 Å². The molecule has 0 aliphatic heterocycles. The van der Waals surface area contributed by atoms with E-state index in [4.69, 9.17) is 0 Å². The van der Waals surface area contributed by atoms with E-state index < -0.39 is 25.9 Å². The lowest BCUT2D eigenvalue weighted by Crippen LogP contribution is -2.69. The first-order valence-corrected chi connectivity index (χ1v) is 14.1. The molecule has 0 aliphatic rings. The molecule has 97 valence electrons. The minimum Gasteiger partial charge on any atom is -0.329 e. The molecule has 0 aromatic rings. The van der Waals surface area contributed by atoms with Crippen molar-refractivity contribution in [3.63, 3.8) is 0 Å². The Labute approximate surface area is 105 Å². The van der Waals surface area contributed by atoms with Gasteiger partial charge in [0.1, 0.15) is 16.5 Å². The lowest BCUT2D eigenvalue weighted by atomic mass is 10.1. The van der Waals surface area contributed by atoms with E-state index in [0.717, 1.165) is 0 Å². The molecular formula is C10H28FN2Si3. The SMILES string of the molecule is CC(C)(C)N[Si](F)N([Si](C)(C)C)[Si](C)(C)C. The van der Waals surface area contributed by atoms with E-state index in [1.54, 1.807) is 0 Å². The molecule has 2 nitrogen and oxygen atoms in total. The fraction of sp³-hybridized carbons (Fsp3) is 1.00. The summed E-state index contributed by atoms with van der Waals surface area (Å²) in [6, 6.07) is 0. The largest absolute Gasteiger partial charge is 0.438 e. The molecule has 1 radical (unpaired) electrons. The molecule has 0 atom stereocenters. The Balaban J connectivity index is 4.94. The lowest BCUT2D eigenvalue weighted by molar-refractivity contribution is 0.480.